The Labute approximate surface area is 133 Å². The van der Waals surface area contributed by atoms with Crippen molar-refractivity contribution >= 4 is 22.6 Å². The first-order valence-corrected chi connectivity index (χ1v) is 7.12. The summed E-state index contributed by atoms with van der Waals surface area (Å²) in [5, 5.41) is 10.7. The molecule has 0 saturated heterocycles. The fourth-order valence-corrected chi connectivity index (χ4v) is 2.38. The van der Waals surface area contributed by atoms with E-state index in [9.17, 15) is 4.79 Å². The van der Waals surface area contributed by atoms with E-state index in [0.717, 1.165) is 27.8 Å². The lowest BCUT2D eigenvalue weighted by atomic mass is 10.0. The molecule has 0 spiro atoms. The summed E-state index contributed by atoms with van der Waals surface area (Å²) in [6.07, 6.45) is 0. The Morgan fingerprint density at radius 3 is 2.57 bits per heavy atom. The van der Waals surface area contributed by atoms with Crippen LogP contribution in [-0.2, 0) is 9.53 Å². The van der Waals surface area contributed by atoms with Gasteiger partial charge in [-0.15, -0.1) is 0 Å². The van der Waals surface area contributed by atoms with Gasteiger partial charge in [0.15, 0.2) is 5.82 Å². The summed E-state index contributed by atoms with van der Waals surface area (Å²) >= 11 is 0. The van der Waals surface area contributed by atoms with Crippen LogP contribution < -0.4 is 10.1 Å². The second kappa shape index (κ2) is 6.50. The second-order valence-corrected chi connectivity index (χ2v) is 5.04. The number of aromatic nitrogens is 2. The number of nitrogens with zero attached hydrogens (tertiary/aromatic N) is 1. The molecule has 0 saturated carbocycles. The Balaban J connectivity index is 1.89. The topological polar surface area (TPSA) is 76.2 Å². The van der Waals surface area contributed by atoms with E-state index in [0.29, 0.717) is 5.82 Å². The Kier molecular flexibility index (Phi) is 4.25. The molecule has 0 atom stereocenters. The molecule has 0 aliphatic carbocycles. The van der Waals surface area contributed by atoms with Gasteiger partial charge in [0, 0.05) is 12.5 Å². The molecule has 0 aliphatic heterocycles. The summed E-state index contributed by atoms with van der Waals surface area (Å²) in [6, 6.07) is 13.8. The van der Waals surface area contributed by atoms with Gasteiger partial charge in [0.1, 0.15) is 12.4 Å². The Bertz CT molecular complexity index is 825. The van der Waals surface area contributed by atoms with E-state index in [-0.39, 0.29) is 12.5 Å². The number of H-pyrrole nitrogens is 1. The number of carbonyl (C=O) groups is 1. The maximum atomic E-state index is 11.6. The summed E-state index contributed by atoms with van der Waals surface area (Å²) in [4.78, 5) is 11.6. The minimum absolute atomic E-state index is 0.00170. The zero-order valence-corrected chi connectivity index (χ0v) is 12.9. The number of benzene rings is 2. The average Bonchev–Trinajstić information content (AvgIpc) is 2.97. The lowest BCUT2D eigenvalue weighted by Crippen LogP contribution is -2.17. The summed E-state index contributed by atoms with van der Waals surface area (Å²) < 4.78 is 9.97. The third-order valence-electron chi connectivity index (χ3n) is 3.52. The van der Waals surface area contributed by atoms with Crippen LogP contribution in [0.5, 0.6) is 5.75 Å². The Morgan fingerprint density at radius 1 is 1.13 bits per heavy atom. The highest BCUT2D eigenvalue weighted by atomic mass is 16.5. The monoisotopic (exact) mass is 311 g/mol. The van der Waals surface area contributed by atoms with Crippen LogP contribution in [0.25, 0.3) is 22.0 Å². The van der Waals surface area contributed by atoms with Crippen LogP contribution >= 0.6 is 0 Å². The van der Waals surface area contributed by atoms with Gasteiger partial charge in [-0.1, -0.05) is 18.2 Å². The molecule has 6 heteroatoms. The van der Waals surface area contributed by atoms with Gasteiger partial charge in [0.25, 0.3) is 5.91 Å². The molecule has 1 amide bonds. The van der Waals surface area contributed by atoms with Gasteiger partial charge in [-0.3, -0.25) is 9.89 Å². The van der Waals surface area contributed by atoms with Gasteiger partial charge >= 0.3 is 0 Å². The standard InChI is InChI=1S/C17H17N3O3/c1-22-10-16(21)18-17-14-8-5-12(9-15(14)19-20-17)11-3-6-13(23-2)7-4-11/h3-9H,10H2,1-2H3,(H2,18,19,20,21). The third-order valence-corrected chi connectivity index (χ3v) is 3.52. The molecule has 0 unspecified atom stereocenters. The van der Waals surface area contributed by atoms with Gasteiger partial charge in [-0.2, -0.15) is 5.10 Å². The van der Waals surface area contributed by atoms with Gasteiger partial charge in [0.2, 0.25) is 0 Å². The van der Waals surface area contributed by atoms with Crippen molar-refractivity contribution in [1.82, 2.24) is 10.2 Å². The van der Waals surface area contributed by atoms with Crippen LogP contribution in [0.4, 0.5) is 5.82 Å². The second-order valence-electron chi connectivity index (χ2n) is 5.04. The van der Waals surface area contributed by atoms with Crippen molar-refractivity contribution in [2.45, 2.75) is 0 Å². The number of amides is 1. The molecule has 0 aliphatic rings. The van der Waals surface area contributed by atoms with Gasteiger partial charge in [-0.25, -0.2) is 0 Å². The molecule has 0 bridgehead atoms. The summed E-state index contributed by atoms with van der Waals surface area (Å²) in [5.41, 5.74) is 2.98. The van der Waals surface area contributed by atoms with Crippen molar-refractivity contribution in [3.05, 3.63) is 42.5 Å². The highest BCUT2D eigenvalue weighted by Gasteiger charge is 2.10. The van der Waals surface area contributed by atoms with E-state index in [4.69, 9.17) is 9.47 Å². The molecular weight excluding hydrogens is 294 g/mol. The third kappa shape index (κ3) is 3.17. The first-order chi connectivity index (χ1) is 11.2. The number of nitrogens with one attached hydrogen (secondary N) is 2. The van der Waals surface area contributed by atoms with Crippen molar-refractivity contribution in [3.63, 3.8) is 0 Å². The molecule has 1 heterocycles. The molecule has 6 nitrogen and oxygen atoms in total. The number of rotatable bonds is 5. The lowest BCUT2D eigenvalue weighted by Gasteiger charge is -2.04. The Hall–Kier alpha value is -2.86. The molecule has 0 fully saturated rings. The predicted molar refractivity (Wildman–Crippen MR) is 88.6 cm³/mol. The van der Waals surface area contributed by atoms with E-state index < -0.39 is 0 Å². The quantitative estimate of drug-likeness (QED) is 0.759. The maximum Gasteiger partial charge on any atom is 0.251 e. The molecule has 23 heavy (non-hydrogen) atoms. The van der Waals surface area contributed by atoms with Crippen LogP contribution in [0.1, 0.15) is 0 Å². The van der Waals surface area contributed by atoms with E-state index in [2.05, 4.69) is 15.5 Å². The minimum atomic E-state index is -0.236. The number of hydrogen-bond donors (Lipinski definition) is 2. The number of methoxy groups -OCH3 is 2. The maximum absolute atomic E-state index is 11.6. The summed E-state index contributed by atoms with van der Waals surface area (Å²) in [6.45, 7) is -0.00170. The number of carbonyl (C=O) groups excluding carboxylic acids is 1. The molecule has 2 N–H and O–H groups in total. The van der Waals surface area contributed by atoms with Crippen LogP contribution in [-0.4, -0.2) is 36.9 Å². The van der Waals surface area contributed by atoms with Gasteiger partial charge in [-0.05, 0) is 35.4 Å². The zero-order valence-electron chi connectivity index (χ0n) is 12.9. The smallest absolute Gasteiger partial charge is 0.251 e. The highest BCUT2D eigenvalue weighted by molar-refractivity contribution is 6.01. The van der Waals surface area contributed by atoms with Gasteiger partial charge in [0.05, 0.1) is 12.6 Å². The number of anilines is 1. The van der Waals surface area contributed by atoms with Crippen molar-refractivity contribution < 1.29 is 14.3 Å². The zero-order chi connectivity index (χ0) is 16.2. The predicted octanol–water partition coefficient (Wildman–Crippen LogP) is 2.82. The fourth-order valence-electron chi connectivity index (χ4n) is 2.38. The minimum Gasteiger partial charge on any atom is -0.497 e. The number of fused-ring (bicyclic) bond motifs is 1. The highest BCUT2D eigenvalue weighted by Crippen LogP contribution is 2.28. The fraction of sp³-hybridized carbons (Fsp3) is 0.176. The molecule has 118 valence electrons. The number of aromatic amines is 1. The largest absolute Gasteiger partial charge is 0.497 e. The van der Waals surface area contributed by atoms with Crippen LogP contribution in [0.15, 0.2) is 42.5 Å². The van der Waals surface area contributed by atoms with E-state index in [1.54, 1.807) is 7.11 Å². The Morgan fingerprint density at radius 2 is 1.87 bits per heavy atom. The lowest BCUT2D eigenvalue weighted by molar-refractivity contribution is -0.119. The van der Waals surface area contributed by atoms with E-state index >= 15 is 0 Å². The van der Waals surface area contributed by atoms with E-state index in [1.807, 2.05) is 42.5 Å². The van der Waals surface area contributed by atoms with Crippen LogP contribution in [0.3, 0.4) is 0 Å². The average molecular weight is 311 g/mol. The van der Waals surface area contributed by atoms with Gasteiger partial charge < -0.3 is 14.8 Å². The molecule has 3 rings (SSSR count). The van der Waals surface area contributed by atoms with Crippen LogP contribution in [0, 0.1) is 0 Å². The summed E-state index contributed by atoms with van der Waals surface area (Å²) in [7, 11) is 3.12. The first kappa shape index (κ1) is 15.1. The van der Waals surface area contributed by atoms with Crippen molar-refractivity contribution in [2.75, 3.05) is 26.1 Å². The van der Waals surface area contributed by atoms with E-state index in [1.165, 1.54) is 7.11 Å². The van der Waals surface area contributed by atoms with Crippen molar-refractivity contribution in [2.24, 2.45) is 0 Å². The number of hydrogen-bond acceptors (Lipinski definition) is 4. The van der Waals surface area contributed by atoms with Crippen molar-refractivity contribution in [1.29, 1.82) is 0 Å². The first-order valence-electron chi connectivity index (χ1n) is 7.12. The van der Waals surface area contributed by atoms with Crippen LogP contribution in [0.2, 0.25) is 0 Å². The molecule has 1 aromatic heterocycles. The molecule has 3 aromatic rings. The SMILES string of the molecule is COCC(=O)Nc1n[nH]c2cc(-c3ccc(OC)cc3)ccc12. The molecule has 0 radical (unpaired) electrons. The molecular formula is C17H17N3O3. The number of ether oxygens (including phenoxy) is 2. The summed E-state index contributed by atoms with van der Waals surface area (Å²) in [5.74, 6) is 1.09. The normalized spacial score (nSPS) is 10.7. The molecule has 2 aromatic carbocycles. The van der Waals surface area contributed by atoms with Crippen molar-refractivity contribution in [3.8, 4) is 16.9 Å².